The van der Waals surface area contributed by atoms with Crippen LogP contribution in [0.3, 0.4) is 0 Å². The summed E-state index contributed by atoms with van der Waals surface area (Å²) in [5.41, 5.74) is 0. The molecule has 4 unspecified atom stereocenters. The fraction of sp³-hybridized carbons (Fsp3) is 1.00. The highest BCUT2D eigenvalue weighted by Crippen LogP contribution is 2.30. The summed E-state index contributed by atoms with van der Waals surface area (Å²) in [7, 11) is 0. The van der Waals surface area contributed by atoms with Gasteiger partial charge in [0.2, 0.25) is 0 Å². The van der Waals surface area contributed by atoms with Gasteiger partial charge in [0.25, 0.3) is 0 Å². The van der Waals surface area contributed by atoms with Crippen molar-refractivity contribution in [3.63, 3.8) is 0 Å². The van der Waals surface area contributed by atoms with Gasteiger partial charge >= 0.3 is 0 Å². The molecule has 0 spiro atoms. The van der Waals surface area contributed by atoms with Crippen molar-refractivity contribution in [1.82, 2.24) is 5.32 Å². The first-order chi connectivity index (χ1) is 9.28. The second kappa shape index (κ2) is 8.26. The minimum Gasteiger partial charge on any atom is -0.378 e. The lowest BCUT2D eigenvalue weighted by atomic mass is 9.81. The van der Waals surface area contributed by atoms with E-state index in [-0.39, 0.29) is 0 Å². The van der Waals surface area contributed by atoms with Gasteiger partial charge in [0, 0.05) is 12.6 Å². The third-order valence-corrected chi connectivity index (χ3v) is 5.01. The van der Waals surface area contributed by atoms with Gasteiger partial charge in [-0.3, -0.25) is 0 Å². The Bertz CT molecular complexity index is 241. The van der Waals surface area contributed by atoms with E-state index in [0.29, 0.717) is 12.1 Å². The Morgan fingerprint density at radius 3 is 2.79 bits per heavy atom. The Labute approximate surface area is 119 Å². The van der Waals surface area contributed by atoms with E-state index in [9.17, 15) is 0 Å². The highest BCUT2D eigenvalue weighted by atomic mass is 16.5. The van der Waals surface area contributed by atoms with Crippen LogP contribution in [-0.4, -0.2) is 25.3 Å². The molecular weight excluding hydrogens is 234 g/mol. The Hall–Kier alpha value is -0.0800. The average Bonchev–Trinajstić information content (AvgIpc) is 2.40. The van der Waals surface area contributed by atoms with Crippen molar-refractivity contribution in [2.75, 3.05) is 13.2 Å². The molecule has 112 valence electrons. The number of hydrogen-bond acceptors (Lipinski definition) is 2. The molecular formula is C17H33NO. The molecule has 0 radical (unpaired) electrons. The predicted molar refractivity (Wildman–Crippen MR) is 81.4 cm³/mol. The highest BCUT2D eigenvalue weighted by molar-refractivity contribution is 4.78. The maximum atomic E-state index is 5.82. The molecule has 1 aliphatic heterocycles. The number of hydrogen-bond donors (Lipinski definition) is 1. The molecule has 2 heteroatoms. The van der Waals surface area contributed by atoms with Gasteiger partial charge in [-0.15, -0.1) is 0 Å². The van der Waals surface area contributed by atoms with Crippen molar-refractivity contribution in [3.8, 4) is 0 Å². The zero-order valence-electron chi connectivity index (χ0n) is 13.0. The first kappa shape index (κ1) is 15.3. The lowest BCUT2D eigenvalue weighted by molar-refractivity contribution is -0.00334. The van der Waals surface area contributed by atoms with Crippen molar-refractivity contribution >= 4 is 0 Å². The quantitative estimate of drug-likeness (QED) is 0.781. The molecule has 0 bridgehead atoms. The van der Waals surface area contributed by atoms with Gasteiger partial charge in [-0.05, 0) is 50.5 Å². The monoisotopic (exact) mass is 267 g/mol. The van der Waals surface area contributed by atoms with Crippen LogP contribution in [0.5, 0.6) is 0 Å². The summed E-state index contributed by atoms with van der Waals surface area (Å²) in [5, 5.41) is 3.79. The lowest BCUT2D eigenvalue weighted by Gasteiger charge is -2.31. The fourth-order valence-electron chi connectivity index (χ4n) is 3.90. The van der Waals surface area contributed by atoms with E-state index in [1.54, 1.807) is 0 Å². The van der Waals surface area contributed by atoms with Gasteiger partial charge in [-0.25, -0.2) is 0 Å². The number of ether oxygens (including phenoxy) is 1. The minimum absolute atomic E-state index is 0.519. The summed E-state index contributed by atoms with van der Waals surface area (Å²) in [6, 6.07) is 0.714. The largest absolute Gasteiger partial charge is 0.378 e. The standard InChI is InChI=1S/C17H33NO/c1-3-5-17-13-16(9-11-19-17)18-10-8-15-7-4-6-14(2)12-15/h14-18H,3-13H2,1-2H3. The van der Waals surface area contributed by atoms with E-state index in [2.05, 4.69) is 19.2 Å². The minimum atomic E-state index is 0.519. The molecule has 0 amide bonds. The van der Waals surface area contributed by atoms with Crippen molar-refractivity contribution in [2.24, 2.45) is 11.8 Å². The van der Waals surface area contributed by atoms with E-state index in [0.717, 1.165) is 18.4 Å². The molecule has 19 heavy (non-hydrogen) atoms. The molecule has 0 aromatic carbocycles. The van der Waals surface area contributed by atoms with Crippen molar-refractivity contribution in [2.45, 2.75) is 83.8 Å². The second-order valence-corrected chi connectivity index (χ2v) is 6.88. The smallest absolute Gasteiger partial charge is 0.0589 e. The summed E-state index contributed by atoms with van der Waals surface area (Å²) in [6.07, 6.45) is 12.7. The number of rotatable bonds is 6. The van der Waals surface area contributed by atoms with Crippen molar-refractivity contribution in [3.05, 3.63) is 0 Å². The van der Waals surface area contributed by atoms with E-state index in [1.165, 1.54) is 64.3 Å². The second-order valence-electron chi connectivity index (χ2n) is 6.88. The molecule has 4 atom stereocenters. The van der Waals surface area contributed by atoms with Crippen LogP contribution < -0.4 is 5.32 Å². The van der Waals surface area contributed by atoms with Gasteiger partial charge in [-0.2, -0.15) is 0 Å². The fourth-order valence-corrected chi connectivity index (χ4v) is 3.90. The summed E-state index contributed by atoms with van der Waals surface area (Å²) < 4.78 is 5.82. The first-order valence-electron chi connectivity index (χ1n) is 8.63. The summed E-state index contributed by atoms with van der Waals surface area (Å²) in [4.78, 5) is 0. The van der Waals surface area contributed by atoms with Gasteiger partial charge < -0.3 is 10.1 Å². The van der Waals surface area contributed by atoms with Crippen LogP contribution in [0, 0.1) is 11.8 Å². The van der Waals surface area contributed by atoms with E-state index in [1.807, 2.05) is 0 Å². The van der Waals surface area contributed by atoms with Crippen molar-refractivity contribution < 1.29 is 4.74 Å². The van der Waals surface area contributed by atoms with E-state index >= 15 is 0 Å². The van der Waals surface area contributed by atoms with Crippen molar-refractivity contribution in [1.29, 1.82) is 0 Å². The molecule has 2 rings (SSSR count). The molecule has 0 aromatic heterocycles. The lowest BCUT2D eigenvalue weighted by Crippen LogP contribution is -2.39. The molecule has 2 nitrogen and oxygen atoms in total. The van der Waals surface area contributed by atoms with Crippen LogP contribution in [0.15, 0.2) is 0 Å². The van der Waals surface area contributed by atoms with Crippen LogP contribution in [0.2, 0.25) is 0 Å². The molecule has 1 aliphatic carbocycles. The van der Waals surface area contributed by atoms with Crippen LogP contribution in [0.4, 0.5) is 0 Å². The Morgan fingerprint density at radius 2 is 2.00 bits per heavy atom. The SMILES string of the molecule is CCCC1CC(NCCC2CCCC(C)C2)CCO1. The molecule has 1 heterocycles. The van der Waals surface area contributed by atoms with Crippen LogP contribution in [0.1, 0.15) is 71.6 Å². The zero-order chi connectivity index (χ0) is 13.5. The summed E-state index contributed by atoms with van der Waals surface area (Å²) in [6.45, 7) is 6.86. The van der Waals surface area contributed by atoms with Gasteiger partial charge in [0.15, 0.2) is 0 Å². The summed E-state index contributed by atoms with van der Waals surface area (Å²) >= 11 is 0. The Kier molecular flexibility index (Phi) is 6.66. The van der Waals surface area contributed by atoms with Gasteiger partial charge in [0.1, 0.15) is 0 Å². The zero-order valence-corrected chi connectivity index (χ0v) is 13.0. The first-order valence-corrected chi connectivity index (χ1v) is 8.63. The van der Waals surface area contributed by atoms with Crippen LogP contribution in [-0.2, 0) is 4.74 Å². The van der Waals surface area contributed by atoms with Gasteiger partial charge in [0.05, 0.1) is 6.10 Å². The van der Waals surface area contributed by atoms with E-state index in [4.69, 9.17) is 4.74 Å². The molecule has 2 fully saturated rings. The maximum absolute atomic E-state index is 5.82. The third-order valence-electron chi connectivity index (χ3n) is 5.01. The van der Waals surface area contributed by atoms with E-state index < -0.39 is 0 Å². The van der Waals surface area contributed by atoms with Crippen LogP contribution >= 0.6 is 0 Å². The maximum Gasteiger partial charge on any atom is 0.0589 e. The highest BCUT2D eigenvalue weighted by Gasteiger charge is 2.22. The average molecular weight is 267 g/mol. The topological polar surface area (TPSA) is 21.3 Å². The number of nitrogens with one attached hydrogen (secondary N) is 1. The molecule has 1 N–H and O–H groups in total. The molecule has 0 aromatic rings. The Balaban J connectivity index is 1.59. The molecule has 1 saturated heterocycles. The normalized spacial score (nSPS) is 36.3. The Morgan fingerprint density at radius 1 is 1.11 bits per heavy atom. The molecule has 1 saturated carbocycles. The van der Waals surface area contributed by atoms with Gasteiger partial charge in [-0.1, -0.05) is 39.5 Å². The molecule has 2 aliphatic rings. The van der Waals surface area contributed by atoms with Crippen LogP contribution in [0.25, 0.3) is 0 Å². The third kappa shape index (κ3) is 5.43. The predicted octanol–water partition coefficient (Wildman–Crippen LogP) is 4.14. The summed E-state index contributed by atoms with van der Waals surface area (Å²) in [5.74, 6) is 1.96.